The summed E-state index contributed by atoms with van der Waals surface area (Å²) in [7, 11) is 0. The number of benzene rings is 2. The highest BCUT2D eigenvalue weighted by molar-refractivity contribution is 9.10. The molecule has 0 saturated carbocycles. The normalized spacial score (nSPS) is 10.3. The molecule has 0 fully saturated rings. The summed E-state index contributed by atoms with van der Waals surface area (Å²) in [6.45, 7) is 1.57. The molecular formula is C14H10BrF2NO. The molecule has 0 saturated heterocycles. The van der Waals surface area contributed by atoms with Crippen LogP contribution in [0, 0.1) is 18.6 Å². The van der Waals surface area contributed by atoms with Crippen LogP contribution in [0.5, 0.6) is 0 Å². The highest BCUT2D eigenvalue weighted by atomic mass is 79.9. The van der Waals surface area contributed by atoms with E-state index < -0.39 is 17.5 Å². The second-order valence-corrected chi connectivity index (χ2v) is 4.87. The van der Waals surface area contributed by atoms with Crippen molar-refractivity contribution in [2.45, 2.75) is 6.92 Å². The maximum Gasteiger partial charge on any atom is 0.258 e. The van der Waals surface area contributed by atoms with Crippen LogP contribution >= 0.6 is 15.9 Å². The highest BCUT2D eigenvalue weighted by Gasteiger charge is 2.14. The van der Waals surface area contributed by atoms with E-state index in [0.29, 0.717) is 10.0 Å². The standard InChI is InChI=1S/C14H10BrF2NO/c1-8-3-2-4-10(13(8)17)14(19)18-12-7-9(16)5-6-11(12)15/h2-7H,1H3,(H,18,19). The van der Waals surface area contributed by atoms with Gasteiger partial charge in [0.05, 0.1) is 11.3 Å². The third kappa shape index (κ3) is 2.98. The minimum atomic E-state index is -0.618. The van der Waals surface area contributed by atoms with E-state index in [1.165, 1.54) is 18.2 Å². The van der Waals surface area contributed by atoms with Gasteiger partial charge in [-0.2, -0.15) is 0 Å². The van der Waals surface area contributed by atoms with Gasteiger partial charge in [-0.3, -0.25) is 4.79 Å². The van der Waals surface area contributed by atoms with Crippen LogP contribution in [0.2, 0.25) is 0 Å². The van der Waals surface area contributed by atoms with Gasteiger partial charge in [0.1, 0.15) is 11.6 Å². The first-order valence-electron chi connectivity index (χ1n) is 5.50. The molecule has 0 atom stereocenters. The van der Waals surface area contributed by atoms with Crippen molar-refractivity contribution in [2.24, 2.45) is 0 Å². The maximum atomic E-state index is 13.8. The van der Waals surface area contributed by atoms with Crippen molar-refractivity contribution in [1.82, 2.24) is 0 Å². The first-order valence-corrected chi connectivity index (χ1v) is 6.30. The van der Waals surface area contributed by atoms with E-state index in [0.717, 1.165) is 6.07 Å². The Bertz CT molecular complexity index is 643. The van der Waals surface area contributed by atoms with Gasteiger partial charge in [0.25, 0.3) is 5.91 Å². The van der Waals surface area contributed by atoms with E-state index in [4.69, 9.17) is 0 Å². The fraction of sp³-hybridized carbons (Fsp3) is 0.0714. The molecule has 2 aromatic carbocycles. The van der Waals surface area contributed by atoms with Crippen LogP contribution < -0.4 is 5.32 Å². The first kappa shape index (κ1) is 13.7. The molecule has 0 unspecified atom stereocenters. The molecule has 0 aliphatic carbocycles. The lowest BCUT2D eigenvalue weighted by Gasteiger charge is -2.09. The lowest BCUT2D eigenvalue weighted by Crippen LogP contribution is -2.14. The number of amides is 1. The van der Waals surface area contributed by atoms with E-state index >= 15 is 0 Å². The average Bonchev–Trinajstić information content (AvgIpc) is 2.37. The monoisotopic (exact) mass is 325 g/mol. The Morgan fingerprint density at radius 3 is 2.68 bits per heavy atom. The Kier molecular flexibility index (Phi) is 3.95. The SMILES string of the molecule is Cc1cccc(C(=O)Nc2cc(F)ccc2Br)c1F. The van der Waals surface area contributed by atoms with Crippen LogP contribution in [0.15, 0.2) is 40.9 Å². The number of hydrogen-bond donors (Lipinski definition) is 1. The topological polar surface area (TPSA) is 29.1 Å². The summed E-state index contributed by atoms with van der Waals surface area (Å²) >= 11 is 3.19. The second-order valence-electron chi connectivity index (χ2n) is 4.01. The van der Waals surface area contributed by atoms with Gasteiger partial charge in [-0.25, -0.2) is 8.78 Å². The fourth-order valence-electron chi connectivity index (χ4n) is 1.61. The van der Waals surface area contributed by atoms with Crippen molar-refractivity contribution in [2.75, 3.05) is 5.32 Å². The summed E-state index contributed by atoms with van der Waals surface area (Å²) in [4.78, 5) is 12.0. The summed E-state index contributed by atoms with van der Waals surface area (Å²) in [6, 6.07) is 8.43. The van der Waals surface area contributed by atoms with Crippen LogP contribution in [-0.4, -0.2) is 5.91 Å². The third-order valence-corrected chi connectivity index (χ3v) is 3.30. The number of hydrogen-bond acceptors (Lipinski definition) is 1. The molecule has 1 N–H and O–H groups in total. The molecule has 0 spiro atoms. The van der Waals surface area contributed by atoms with Crippen molar-refractivity contribution in [3.8, 4) is 0 Å². The zero-order valence-corrected chi connectivity index (χ0v) is 11.6. The van der Waals surface area contributed by atoms with Crippen LogP contribution in [0.3, 0.4) is 0 Å². The molecule has 0 aromatic heterocycles. The molecule has 0 heterocycles. The average molecular weight is 326 g/mol. The number of nitrogens with one attached hydrogen (secondary N) is 1. The van der Waals surface area contributed by atoms with Gasteiger partial charge in [0.15, 0.2) is 0 Å². The Morgan fingerprint density at radius 1 is 1.21 bits per heavy atom. The first-order chi connectivity index (χ1) is 8.99. The van der Waals surface area contributed by atoms with E-state index in [1.807, 2.05) is 0 Å². The largest absolute Gasteiger partial charge is 0.321 e. The van der Waals surface area contributed by atoms with Gasteiger partial charge < -0.3 is 5.32 Å². The Morgan fingerprint density at radius 2 is 1.95 bits per heavy atom. The van der Waals surface area contributed by atoms with Crippen molar-refractivity contribution in [3.63, 3.8) is 0 Å². The zero-order valence-electron chi connectivity index (χ0n) is 10.0. The maximum absolute atomic E-state index is 13.8. The molecule has 2 rings (SSSR count). The Hall–Kier alpha value is -1.75. The van der Waals surface area contributed by atoms with E-state index in [9.17, 15) is 13.6 Å². The number of carbonyl (C=O) groups is 1. The van der Waals surface area contributed by atoms with Crippen LogP contribution in [0.25, 0.3) is 0 Å². The fourth-order valence-corrected chi connectivity index (χ4v) is 1.95. The van der Waals surface area contributed by atoms with Crippen molar-refractivity contribution < 1.29 is 13.6 Å². The summed E-state index contributed by atoms with van der Waals surface area (Å²) < 4.78 is 27.4. The molecule has 1 amide bonds. The molecule has 0 bridgehead atoms. The Balaban J connectivity index is 2.31. The molecular weight excluding hydrogens is 316 g/mol. The van der Waals surface area contributed by atoms with Gasteiger partial charge in [0.2, 0.25) is 0 Å². The number of carbonyl (C=O) groups excluding carboxylic acids is 1. The Labute approximate surface area is 117 Å². The summed E-state index contributed by atoms with van der Waals surface area (Å²) in [5.41, 5.74) is 0.563. The molecule has 98 valence electrons. The molecule has 0 aliphatic rings. The van der Waals surface area contributed by atoms with Crippen LogP contribution in [-0.2, 0) is 0 Å². The predicted octanol–water partition coefficient (Wildman–Crippen LogP) is 4.29. The van der Waals surface area contributed by atoms with E-state index in [2.05, 4.69) is 21.2 Å². The van der Waals surface area contributed by atoms with Gasteiger partial charge in [0, 0.05) is 4.47 Å². The van der Waals surface area contributed by atoms with Gasteiger partial charge in [-0.05, 0) is 52.7 Å². The molecule has 5 heteroatoms. The predicted molar refractivity (Wildman–Crippen MR) is 73.2 cm³/mol. The van der Waals surface area contributed by atoms with Crippen molar-refractivity contribution in [3.05, 3.63) is 63.6 Å². The lowest BCUT2D eigenvalue weighted by molar-refractivity contribution is 0.102. The molecule has 2 nitrogen and oxygen atoms in total. The van der Waals surface area contributed by atoms with Crippen LogP contribution in [0.4, 0.5) is 14.5 Å². The quantitative estimate of drug-likeness (QED) is 0.876. The number of anilines is 1. The highest BCUT2D eigenvalue weighted by Crippen LogP contribution is 2.24. The van der Waals surface area contributed by atoms with Gasteiger partial charge in [-0.1, -0.05) is 12.1 Å². The van der Waals surface area contributed by atoms with E-state index in [-0.39, 0.29) is 11.3 Å². The lowest BCUT2D eigenvalue weighted by atomic mass is 10.1. The number of halogens is 3. The zero-order chi connectivity index (χ0) is 14.0. The molecule has 0 radical (unpaired) electrons. The molecule has 19 heavy (non-hydrogen) atoms. The smallest absolute Gasteiger partial charge is 0.258 e. The summed E-state index contributed by atoms with van der Waals surface area (Å²) in [6.07, 6.45) is 0. The molecule has 2 aromatic rings. The number of rotatable bonds is 2. The van der Waals surface area contributed by atoms with Gasteiger partial charge >= 0.3 is 0 Å². The number of aryl methyl sites for hydroxylation is 1. The molecule has 0 aliphatic heterocycles. The third-order valence-electron chi connectivity index (χ3n) is 2.61. The summed E-state index contributed by atoms with van der Waals surface area (Å²) in [5, 5.41) is 2.47. The van der Waals surface area contributed by atoms with E-state index in [1.54, 1.807) is 19.1 Å². The van der Waals surface area contributed by atoms with Crippen molar-refractivity contribution in [1.29, 1.82) is 0 Å². The van der Waals surface area contributed by atoms with Crippen LogP contribution in [0.1, 0.15) is 15.9 Å². The second kappa shape index (κ2) is 5.48. The summed E-state index contributed by atoms with van der Waals surface area (Å²) in [5.74, 6) is -1.68. The van der Waals surface area contributed by atoms with Gasteiger partial charge in [-0.15, -0.1) is 0 Å². The minimum absolute atomic E-state index is 0.0730. The minimum Gasteiger partial charge on any atom is -0.321 e. The van der Waals surface area contributed by atoms with Crippen molar-refractivity contribution >= 4 is 27.5 Å².